The molecule has 1 aromatic rings. The fourth-order valence-corrected chi connectivity index (χ4v) is 3.15. The van der Waals surface area contributed by atoms with Crippen LogP contribution in [0.5, 0.6) is 0 Å². The van der Waals surface area contributed by atoms with Crippen molar-refractivity contribution in [2.75, 3.05) is 20.3 Å². The number of ether oxygens (including phenoxy) is 1. The summed E-state index contributed by atoms with van der Waals surface area (Å²) >= 11 is 3.12. The molecule has 1 saturated heterocycles. The predicted octanol–water partition coefficient (Wildman–Crippen LogP) is 4.55. The Morgan fingerprint density at radius 3 is 2.57 bits per heavy atom. The van der Waals surface area contributed by atoms with Crippen molar-refractivity contribution in [1.29, 1.82) is 0 Å². The highest BCUT2D eigenvalue weighted by atomic mass is 79.9. The van der Waals surface area contributed by atoms with Crippen LogP contribution in [0.15, 0.2) is 22.7 Å². The van der Waals surface area contributed by atoms with Crippen LogP contribution in [0.2, 0.25) is 0 Å². The van der Waals surface area contributed by atoms with Crippen LogP contribution in [0.1, 0.15) is 36.4 Å². The van der Waals surface area contributed by atoms with Gasteiger partial charge in [0.2, 0.25) is 0 Å². The van der Waals surface area contributed by atoms with Crippen molar-refractivity contribution >= 4 is 15.9 Å². The Balaban J connectivity index is 2.24. The Bertz CT molecular complexity index is 472. The van der Waals surface area contributed by atoms with E-state index < -0.39 is 11.7 Å². The standard InChI is InChI=1S/C15H19BrF3NO/c1-20-14(8-10-4-6-21-7-5-10)12-3-2-11(16)9-13(12)15(17,18)19/h2-3,9-10,14,20H,4-8H2,1H3. The van der Waals surface area contributed by atoms with E-state index in [0.717, 1.165) is 18.9 Å². The zero-order valence-corrected chi connectivity index (χ0v) is 13.4. The lowest BCUT2D eigenvalue weighted by Crippen LogP contribution is -2.26. The lowest BCUT2D eigenvalue weighted by molar-refractivity contribution is -0.138. The summed E-state index contributed by atoms with van der Waals surface area (Å²) in [5.74, 6) is 0.404. The Morgan fingerprint density at radius 1 is 1.33 bits per heavy atom. The topological polar surface area (TPSA) is 21.3 Å². The minimum Gasteiger partial charge on any atom is -0.381 e. The first kappa shape index (κ1) is 16.8. The van der Waals surface area contributed by atoms with Gasteiger partial charge < -0.3 is 10.1 Å². The summed E-state index contributed by atoms with van der Waals surface area (Å²) in [4.78, 5) is 0. The lowest BCUT2D eigenvalue weighted by Gasteiger charge is -2.28. The summed E-state index contributed by atoms with van der Waals surface area (Å²) in [6.45, 7) is 1.40. The monoisotopic (exact) mass is 365 g/mol. The molecule has 1 aromatic carbocycles. The second kappa shape index (κ2) is 7.11. The smallest absolute Gasteiger partial charge is 0.381 e. The number of benzene rings is 1. The Labute approximate surface area is 131 Å². The molecule has 1 aliphatic rings. The lowest BCUT2D eigenvalue weighted by atomic mass is 9.88. The second-order valence-electron chi connectivity index (χ2n) is 5.36. The average molecular weight is 366 g/mol. The van der Waals surface area contributed by atoms with Crippen molar-refractivity contribution in [3.63, 3.8) is 0 Å². The van der Waals surface area contributed by atoms with Gasteiger partial charge >= 0.3 is 6.18 Å². The van der Waals surface area contributed by atoms with Crippen LogP contribution in [0.25, 0.3) is 0 Å². The summed E-state index contributed by atoms with van der Waals surface area (Å²) in [5.41, 5.74) is -0.247. The highest BCUT2D eigenvalue weighted by Gasteiger charge is 2.35. The van der Waals surface area contributed by atoms with Gasteiger partial charge in [0.1, 0.15) is 0 Å². The van der Waals surface area contributed by atoms with Crippen molar-refractivity contribution in [1.82, 2.24) is 5.32 Å². The largest absolute Gasteiger partial charge is 0.416 e. The van der Waals surface area contributed by atoms with Crippen LogP contribution in [-0.4, -0.2) is 20.3 Å². The van der Waals surface area contributed by atoms with Gasteiger partial charge in [0.05, 0.1) is 5.56 Å². The molecule has 0 aromatic heterocycles. The minimum absolute atomic E-state index is 0.294. The Morgan fingerprint density at radius 2 is 2.00 bits per heavy atom. The van der Waals surface area contributed by atoms with Gasteiger partial charge in [0, 0.05) is 23.7 Å². The maximum atomic E-state index is 13.2. The molecule has 0 bridgehead atoms. The fourth-order valence-electron chi connectivity index (χ4n) is 2.79. The highest BCUT2D eigenvalue weighted by Crippen LogP contribution is 2.38. The maximum absolute atomic E-state index is 13.2. The molecule has 0 radical (unpaired) electrons. The molecule has 1 aliphatic heterocycles. The van der Waals surface area contributed by atoms with Crippen LogP contribution in [0.3, 0.4) is 0 Å². The fraction of sp³-hybridized carbons (Fsp3) is 0.600. The molecule has 1 unspecified atom stereocenters. The molecule has 1 N–H and O–H groups in total. The molecule has 1 atom stereocenters. The number of rotatable bonds is 4. The quantitative estimate of drug-likeness (QED) is 0.845. The summed E-state index contributed by atoms with van der Waals surface area (Å²) in [6, 6.07) is 4.09. The molecular formula is C15H19BrF3NO. The van der Waals surface area contributed by atoms with Crippen molar-refractivity contribution < 1.29 is 17.9 Å². The van der Waals surface area contributed by atoms with Gasteiger partial charge in [-0.3, -0.25) is 0 Å². The van der Waals surface area contributed by atoms with Crippen molar-refractivity contribution in [2.24, 2.45) is 5.92 Å². The number of hydrogen-bond donors (Lipinski definition) is 1. The third-order valence-electron chi connectivity index (χ3n) is 3.95. The average Bonchev–Trinajstić information content (AvgIpc) is 2.45. The first-order chi connectivity index (χ1) is 9.91. The van der Waals surface area contributed by atoms with Gasteiger partial charge in [0.15, 0.2) is 0 Å². The molecule has 0 aliphatic carbocycles. The van der Waals surface area contributed by atoms with E-state index in [4.69, 9.17) is 4.74 Å². The van der Waals surface area contributed by atoms with Crippen molar-refractivity contribution in [3.05, 3.63) is 33.8 Å². The minimum atomic E-state index is -4.34. The van der Waals surface area contributed by atoms with E-state index in [-0.39, 0.29) is 6.04 Å². The molecule has 6 heteroatoms. The molecule has 21 heavy (non-hydrogen) atoms. The normalized spacial score (nSPS) is 18.7. The van der Waals surface area contributed by atoms with Gasteiger partial charge in [-0.15, -0.1) is 0 Å². The van der Waals surface area contributed by atoms with Crippen LogP contribution >= 0.6 is 15.9 Å². The summed E-state index contributed by atoms with van der Waals surface area (Å²) in [6.07, 6.45) is -1.82. The number of halogens is 4. The zero-order valence-electron chi connectivity index (χ0n) is 11.8. The zero-order chi connectivity index (χ0) is 15.5. The highest BCUT2D eigenvalue weighted by molar-refractivity contribution is 9.10. The number of alkyl halides is 3. The van der Waals surface area contributed by atoms with E-state index >= 15 is 0 Å². The predicted molar refractivity (Wildman–Crippen MR) is 79.1 cm³/mol. The Hall–Kier alpha value is -0.590. The van der Waals surface area contributed by atoms with E-state index in [1.807, 2.05) is 0 Å². The van der Waals surface area contributed by atoms with E-state index in [1.54, 1.807) is 19.2 Å². The van der Waals surface area contributed by atoms with Gasteiger partial charge in [-0.1, -0.05) is 22.0 Å². The summed E-state index contributed by atoms with van der Waals surface area (Å²) in [7, 11) is 1.71. The first-order valence-corrected chi connectivity index (χ1v) is 7.82. The molecule has 1 heterocycles. The SMILES string of the molecule is CNC(CC1CCOCC1)c1ccc(Br)cc1C(F)(F)F. The molecule has 2 nitrogen and oxygen atoms in total. The number of hydrogen-bond acceptors (Lipinski definition) is 2. The van der Waals surface area contributed by atoms with Gasteiger partial charge in [-0.05, 0) is 49.9 Å². The first-order valence-electron chi connectivity index (χ1n) is 7.03. The van der Waals surface area contributed by atoms with Gasteiger partial charge in [0.25, 0.3) is 0 Å². The van der Waals surface area contributed by atoms with Crippen LogP contribution < -0.4 is 5.32 Å². The third-order valence-corrected chi connectivity index (χ3v) is 4.45. The molecule has 0 saturated carbocycles. The van der Waals surface area contributed by atoms with E-state index in [0.29, 0.717) is 35.6 Å². The molecule has 0 spiro atoms. The molecule has 118 valence electrons. The Kier molecular flexibility index (Phi) is 5.68. The summed E-state index contributed by atoms with van der Waals surface area (Å²) in [5, 5.41) is 3.04. The van der Waals surface area contributed by atoms with Crippen LogP contribution in [0.4, 0.5) is 13.2 Å². The summed E-state index contributed by atoms with van der Waals surface area (Å²) < 4.78 is 45.5. The van der Waals surface area contributed by atoms with Crippen molar-refractivity contribution in [2.45, 2.75) is 31.5 Å². The second-order valence-corrected chi connectivity index (χ2v) is 6.28. The number of nitrogens with one attached hydrogen (secondary N) is 1. The molecular weight excluding hydrogens is 347 g/mol. The third kappa shape index (κ3) is 4.44. The van der Waals surface area contributed by atoms with Crippen LogP contribution in [-0.2, 0) is 10.9 Å². The van der Waals surface area contributed by atoms with Crippen molar-refractivity contribution in [3.8, 4) is 0 Å². The van der Waals surface area contributed by atoms with E-state index in [9.17, 15) is 13.2 Å². The van der Waals surface area contributed by atoms with Gasteiger partial charge in [-0.2, -0.15) is 13.2 Å². The molecule has 2 rings (SSSR count). The molecule has 0 amide bonds. The van der Waals surface area contributed by atoms with Gasteiger partial charge in [-0.25, -0.2) is 0 Å². The van der Waals surface area contributed by atoms with Crippen LogP contribution in [0, 0.1) is 5.92 Å². The maximum Gasteiger partial charge on any atom is 0.416 e. The molecule has 1 fully saturated rings. The van der Waals surface area contributed by atoms with E-state index in [1.165, 1.54) is 0 Å². The van der Waals surface area contributed by atoms with E-state index in [2.05, 4.69) is 21.2 Å².